The lowest BCUT2D eigenvalue weighted by Crippen LogP contribution is -2.11. The number of aromatic nitrogens is 2. The summed E-state index contributed by atoms with van der Waals surface area (Å²) in [5.41, 5.74) is 2.09. The predicted octanol–water partition coefficient (Wildman–Crippen LogP) is 5.68. The molecule has 2 aromatic rings. The predicted molar refractivity (Wildman–Crippen MR) is 94.5 cm³/mol. The Morgan fingerprint density at radius 1 is 1.08 bits per heavy atom. The summed E-state index contributed by atoms with van der Waals surface area (Å²) < 4.78 is 0. The third-order valence-electron chi connectivity index (χ3n) is 3.64. The summed E-state index contributed by atoms with van der Waals surface area (Å²) in [5, 5.41) is 25.2. The smallest absolute Gasteiger partial charge is 0.255 e. The number of benzene rings is 1. The number of hydrogen-bond acceptors (Lipinski definition) is 4. The van der Waals surface area contributed by atoms with Crippen LogP contribution in [0.5, 0.6) is 5.75 Å². The van der Waals surface area contributed by atoms with Crippen molar-refractivity contribution in [2.75, 3.05) is 0 Å². The molecule has 0 spiro atoms. The molecule has 1 aromatic heterocycles. The summed E-state index contributed by atoms with van der Waals surface area (Å²) in [6, 6.07) is 5.28. The van der Waals surface area contributed by atoms with Gasteiger partial charge in [0.25, 0.3) is 5.69 Å². The Morgan fingerprint density at radius 2 is 1.75 bits per heavy atom. The number of phenols is 1. The number of aromatic amines is 1. The van der Waals surface area contributed by atoms with Crippen molar-refractivity contribution in [3.63, 3.8) is 0 Å². The number of azo groups is 1. The summed E-state index contributed by atoms with van der Waals surface area (Å²) in [6.45, 7) is 19.6. The number of hydrogen-bond donors (Lipinski definition) is 2. The van der Waals surface area contributed by atoms with Crippen LogP contribution in [0.25, 0.3) is 4.85 Å². The van der Waals surface area contributed by atoms with Crippen LogP contribution in [-0.2, 0) is 10.8 Å². The Bertz CT molecular complexity index is 809. The summed E-state index contributed by atoms with van der Waals surface area (Å²) in [4.78, 5) is 3.53. The van der Waals surface area contributed by atoms with Crippen molar-refractivity contribution in [3.05, 3.63) is 40.9 Å². The van der Waals surface area contributed by atoms with E-state index in [4.69, 9.17) is 6.57 Å². The molecule has 0 aliphatic rings. The summed E-state index contributed by atoms with van der Waals surface area (Å²) >= 11 is 0. The van der Waals surface area contributed by atoms with Crippen molar-refractivity contribution in [1.82, 2.24) is 10.2 Å². The topological polar surface area (TPSA) is 78.0 Å². The van der Waals surface area contributed by atoms with Crippen LogP contribution in [0.1, 0.15) is 52.8 Å². The molecule has 0 atom stereocenters. The fourth-order valence-corrected chi connectivity index (χ4v) is 2.20. The molecule has 0 amide bonds. The SMILES string of the molecule is [C-]#[N+]c1c(C(C)(C)C)n[nH]c1/N=N/c1cc(C(C)(C)C)ccc1O. The Balaban J connectivity index is 2.43. The number of H-pyrrole nitrogens is 1. The van der Waals surface area contributed by atoms with Gasteiger partial charge in [-0.05, 0) is 28.5 Å². The molecule has 126 valence electrons. The van der Waals surface area contributed by atoms with E-state index >= 15 is 0 Å². The lowest BCUT2D eigenvalue weighted by Gasteiger charge is -2.19. The molecular weight excluding hydrogens is 302 g/mol. The highest BCUT2D eigenvalue weighted by molar-refractivity contribution is 5.67. The van der Waals surface area contributed by atoms with E-state index in [1.807, 2.05) is 26.8 Å². The largest absolute Gasteiger partial charge is 0.506 e. The number of rotatable bonds is 2. The van der Waals surface area contributed by atoms with Gasteiger partial charge < -0.3 is 5.11 Å². The quantitative estimate of drug-likeness (QED) is 0.550. The Hall–Kier alpha value is -2.68. The van der Waals surface area contributed by atoms with Crippen LogP contribution in [0, 0.1) is 6.57 Å². The molecule has 1 aromatic carbocycles. The van der Waals surface area contributed by atoms with E-state index in [-0.39, 0.29) is 16.6 Å². The minimum Gasteiger partial charge on any atom is -0.506 e. The van der Waals surface area contributed by atoms with Crippen LogP contribution in [0.3, 0.4) is 0 Å². The maximum atomic E-state index is 10.00. The van der Waals surface area contributed by atoms with Crippen molar-refractivity contribution < 1.29 is 5.11 Å². The van der Waals surface area contributed by atoms with Crippen LogP contribution in [0.2, 0.25) is 0 Å². The molecule has 0 aliphatic heterocycles. The van der Waals surface area contributed by atoms with Crippen LogP contribution < -0.4 is 0 Å². The highest BCUT2D eigenvalue weighted by Crippen LogP contribution is 2.38. The summed E-state index contributed by atoms with van der Waals surface area (Å²) in [5.74, 6) is 0.349. The first-order chi connectivity index (χ1) is 11.0. The lowest BCUT2D eigenvalue weighted by atomic mass is 9.87. The average Bonchev–Trinajstić information content (AvgIpc) is 2.88. The first-order valence-electron chi connectivity index (χ1n) is 7.75. The van der Waals surface area contributed by atoms with Gasteiger partial charge in [-0.3, -0.25) is 5.10 Å². The number of phenolic OH excluding ortho intramolecular Hbond substituents is 1. The van der Waals surface area contributed by atoms with Crippen LogP contribution in [0.4, 0.5) is 17.2 Å². The van der Waals surface area contributed by atoms with Crippen molar-refractivity contribution in [2.24, 2.45) is 10.2 Å². The highest BCUT2D eigenvalue weighted by atomic mass is 16.3. The zero-order valence-electron chi connectivity index (χ0n) is 15.0. The molecule has 0 aliphatic carbocycles. The van der Waals surface area contributed by atoms with Gasteiger partial charge in [-0.25, -0.2) is 4.85 Å². The molecule has 6 heteroatoms. The summed E-state index contributed by atoms with van der Waals surface area (Å²) in [7, 11) is 0. The van der Waals surface area contributed by atoms with Crippen LogP contribution in [-0.4, -0.2) is 15.3 Å². The Labute approximate surface area is 142 Å². The molecule has 6 nitrogen and oxygen atoms in total. The van der Waals surface area contributed by atoms with E-state index in [1.165, 1.54) is 0 Å². The number of aromatic hydroxyl groups is 1. The van der Waals surface area contributed by atoms with Gasteiger partial charge in [-0.1, -0.05) is 47.6 Å². The van der Waals surface area contributed by atoms with E-state index in [9.17, 15) is 5.11 Å². The third kappa shape index (κ3) is 3.62. The maximum absolute atomic E-state index is 10.00. The fraction of sp³-hybridized carbons (Fsp3) is 0.444. The minimum absolute atomic E-state index is 0.0478. The number of nitrogens with zero attached hydrogens (tertiary/aromatic N) is 4. The second-order valence-corrected chi connectivity index (χ2v) is 7.78. The molecule has 0 bridgehead atoms. The van der Waals surface area contributed by atoms with E-state index in [0.717, 1.165) is 5.56 Å². The third-order valence-corrected chi connectivity index (χ3v) is 3.64. The number of nitrogens with one attached hydrogen (secondary N) is 1. The molecule has 2 rings (SSSR count). The lowest BCUT2D eigenvalue weighted by molar-refractivity contribution is 0.475. The molecular formula is C18H23N5O. The van der Waals surface area contributed by atoms with Gasteiger partial charge >= 0.3 is 0 Å². The van der Waals surface area contributed by atoms with Gasteiger partial charge in [0.05, 0.1) is 12.3 Å². The van der Waals surface area contributed by atoms with Gasteiger partial charge in [-0.15, -0.1) is 10.2 Å². The zero-order chi connectivity index (χ0) is 18.1. The molecule has 0 saturated heterocycles. The highest BCUT2D eigenvalue weighted by Gasteiger charge is 2.24. The monoisotopic (exact) mass is 325 g/mol. The minimum atomic E-state index is -0.265. The van der Waals surface area contributed by atoms with Crippen LogP contribution in [0.15, 0.2) is 28.4 Å². The van der Waals surface area contributed by atoms with E-state index in [2.05, 4.69) is 46.0 Å². The van der Waals surface area contributed by atoms with Crippen molar-refractivity contribution in [2.45, 2.75) is 52.4 Å². The molecule has 24 heavy (non-hydrogen) atoms. The second kappa shape index (κ2) is 6.08. The molecule has 0 radical (unpaired) electrons. The van der Waals surface area contributed by atoms with E-state index in [0.29, 0.717) is 22.9 Å². The standard InChI is InChI=1S/C18H23N5O/c1-17(2,3)11-8-9-13(24)12(10-11)20-22-16-14(19-7)15(21-23-16)18(4,5)6/h8-10,24H,1-6H3,(H,21,23)/b22-20+. The van der Waals surface area contributed by atoms with Crippen molar-refractivity contribution >= 4 is 17.2 Å². The molecule has 2 N–H and O–H groups in total. The normalized spacial score (nSPS) is 12.5. The zero-order valence-corrected chi connectivity index (χ0v) is 15.0. The fourth-order valence-electron chi connectivity index (χ4n) is 2.20. The first-order valence-corrected chi connectivity index (χ1v) is 7.75. The second-order valence-electron chi connectivity index (χ2n) is 7.78. The van der Waals surface area contributed by atoms with E-state index < -0.39 is 0 Å². The average molecular weight is 325 g/mol. The Kier molecular flexibility index (Phi) is 4.48. The first kappa shape index (κ1) is 17.7. The van der Waals surface area contributed by atoms with Crippen molar-refractivity contribution in [1.29, 1.82) is 0 Å². The van der Waals surface area contributed by atoms with E-state index in [1.54, 1.807) is 12.1 Å². The van der Waals surface area contributed by atoms with Gasteiger partial charge in [0.1, 0.15) is 11.4 Å². The van der Waals surface area contributed by atoms with Crippen molar-refractivity contribution in [3.8, 4) is 5.75 Å². The molecule has 0 fully saturated rings. The van der Waals surface area contributed by atoms with Gasteiger partial charge in [0, 0.05) is 0 Å². The van der Waals surface area contributed by atoms with Gasteiger partial charge in [-0.2, -0.15) is 5.10 Å². The maximum Gasteiger partial charge on any atom is 0.255 e. The van der Waals surface area contributed by atoms with Gasteiger partial charge in [0.2, 0.25) is 0 Å². The summed E-state index contributed by atoms with van der Waals surface area (Å²) in [6.07, 6.45) is 0. The Morgan fingerprint density at radius 3 is 2.29 bits per heavy atom. The molecule has 1 heterocycles. The van der Waals surface area contributed by atoms with Gasteiger partial charge in [0.15, 0.2) is 5.82 Å². The molecule has 0 unspecified atom stereocenters. The van der Waals surface area contributed by atoms with Crippen LogP contribution >= 0.6 is 0 Å². The molecule has 0 saturated carbocycles.